The molecule has 1 heterocycles. The van der Waals surface area contributed by atoms with Crippen LogP contribution >= 0.6 is 0 Å². The molecule has 2 bridgehead atoms. The van der Waals surface area contributed by atoms with Gasteiger partial charge in [-0.25, -0.2) is 0 Å². The topological polar surface area (TPSA) is 52.9 Å². The monoisotopic (exact) mass is 374 g/mol. The lowest BCUT2D eigenvalue weighted by molar-refractivity contribution is -0.124. The Balaban J connectivity index is 1.67. The zero-order valence-electron chi connectivity index (χ0n) is 16.0. The summed E-state index contributed by atoms with van der Waals surface area (Å²) < 4.78 is 0. The smallest absolute Gasteiger partial charge is 0.186 e. The van der Waals surface area contributed by atoms with Crippen LogP contribution in [0, 0.1) is 5.92 Å². The summed E-state index contributed by atoms with van der Waals surface area (Å²) in [6.07, 6.45) is 4.00. The van der Waals surface area contributed by atoms with Crippen LogP contribution in [0.3, 0.4) is 0 Å². The number of fused-ring (bicyclic) bond motifs is 3. The van der Waals surface area contributed by atoms with E-state index in [9.17, 15) is 10.0 Å². The number of ketones is 1. The standard InChI is InChI=1S/C24H26N2O2/c27-22-21-19(17-9-3-1-4-10-17)15-24(23(22)25-28,26-13-7-8-14-26)16-20(21)18-11-5-2-6-12-18/h1-6,9-12,19-21,28H,7-8,13-16H2/b25-23+/t19-,20-,21?,24?/m0/s1. The van der Waals surface area contributed by atoms with Crippen LogP contribution in [0.5, 0.6) is 0 Å². The molecule has 4 aliphatic rings. The van der Waals surface area contributed by atoms with Crippen molar-refractivity contribution in [3.05, 3.63) is 71.8 Å². The third-order valence-corrected chi connectivity index (χ3v) is 7.23. The van der Waals surface area contributed by atoms with E-state index in [1.54, 1.807) is 0 Å². The molecule has 1 N–H and O–H groups in total. The van der Waals surface area contributed by atoms with E-state index in [2.05, 4.69) is 58.6 Å². The van der Waals surface area contributed by atoms with Gasteiger partial charge in [-0.1, -0.05) is 65.8 Å². The molecule has 2 atom stereocenters. The van der Waals surface area contributed by atoms with Crippen molar-refractivity contribution in [2.24, 2.45) is 11.1 Å². The van der Waals surface area contributed by atoms with Gasteiger partial charge in [-0.15, -0.1) is 0 Å². The van der Waals surface area contributed by atoms with Crippen molar-refractivity contribution in [2.75, 3.05) is 13.1 Å². The van der Waals surface area contributed by atoms with E-state index < -0.39 is 5.54 Å². The van der Waals surface area contributed by atoms with Crippen LogP contribution in [0.25, 0.3) is 0 Å². The van der Waals surface area contributed by atoms with Crippen LogP contribution < -0.4 is 0 Å². The number of benzene rings is 2. The molecule has 4 fully saturated rings. The minimum Gasteiger partial charge on any atom is -0.410 e. The maximum absolute atomic E-state index is 13.6. The van der Waals surface area contributed by atoms with Gasteiger partial charge in [0, 0.05) is 5.92 Å². The second-order valence-electron chi connectivity index (χ2n) is 8.51. The number of oxime groups is 1. The number of hydrogen-bond donors (Lipinski definition) is 1. The second kappa shape index (κ2) is 6.85. The fourth-order valence-electron chi connectivity index (χ4n) is 6.04. The Kier molecular flexibility index (Phi) is 4.31. The van der Waals surface area contributed by atoms with Crippen LogP contribution in [-0.4, -0.2) is 40.2 Å². The van der Waals surface area contributed by atoms with Crippen LogP contribution in [0.1, 0.15) is 48.6 Å². The molecule has 0 unspecified atom stereocenters. The minimum atomic E-state index is -0.460. The molecule has 6 rings (SSSR count). The lowest BCUT2D eigenvalue weighted by Crippen LogP contribution is -2.67. The van der Waals surface area contributed by atoms with E-state index in [0.29, 0.717) is 5.71 Å². The normalized spacial score (nSPS) is 34.2. The third-order valence-electron chi connectivity index (χ3n) is 7.23. The van der Waals surface area contributed by atoms with E-state index >= 15 is 0 Å². The minimum absolute atomic E-state index is 0.0367. The highest BCUT2D eigenvalue weighted by Crippen LogP contribution is 2.57. The molecule has 144 valence electrons. The predicted molar refractivity (Wildman–Crippen MR) is 109 cm³/mol. The van der Waals surface area contributed by atoms with E-state index in [-0.39, 0.29) is 23.5 Å². The molecular formula is C24H26N2O2. The van der Waals surface area contributed by atoms with Gasteiger partial charge in [0.25, 0.3) is 0 Å². The highest BCUT2D eigenvalue weighted by atomic mass is 16.4. The number of nitrogens with zero attached hydrogens (tertiary/aromatic N) is 2. The highest BCUT2D eigenvalue weighted by Gasteiger charge is 2.62. The number of rotatable bonds is 3. The average Bonchev–Trinajstić information content (AvgIpc) is 3.30. The average molecular weight is 374 g/mol. The number of carbonyl (C=O) groups excluding carboxylic acids is 1. The first-order chi connectivity index (χ1) is 13.7. The van der Waals surface area contributed by atoms with Crippen LogP contribution in [0.15, 0.2) is 65.8 Å². The fraction of sp³-hybridized carbons (Fsp3) is 0.417. The summed E-state index contributed by atoms with van der Waals surface area (Å²) >= 11 is 0. The van der Waals surface area contributed by atoms with E-state index in [1.165, 1.54) is 11.1 Å². The molecule has 3 saturated carbocycles. The van der Waals surface area contributed by atoms with Crippen molar-refractivity contribution in [1.82, 2.24) is 4.90 Å². The van der Waals surface area contributed by atoms with E-state index in [0.717, 1.165) is 38.8 Å². The Morgan fingerprint density at radius 1 is 0.857 bits per heavy atom. The molecule has 3 aliphatic carbocycles. The Morgan fingerprint density at radius 2 is 1.36 bits per heavy atom. The summed E-state index contributed by atoms with van der Waals surface area (Å²) in [5.41, 5.74) is 2.39. The first-order valence-electron chi connectivity index (χ1n) is 10.4. The summed E-state index contributed by atoms with van der Waals surface area (Å²) in [6, 6.07) is 20.9. The maximum Gasteiger partial charge on any atom is 0.186 e. The molecular weight excluding hydrogens is 348 g/mol. The summed E-state index contributed by atoms with van der Waals surface area (Å²) in [4.78, 5) is 16.1. The number of Topliss-reactive ketones (excluding diaryl/α,β-unsaturated/α-hetero) is 1. The van der Waals surface area contributed by atoms with Gasteiger partial charge < -0.3 is 5.21 Å². The molecule has 2 aromatic rings. The lowest BCUT2D eigenvalue weighted by Gasteiger charge is -2.57. The Labute approximate surface area is 165 Å². The van der Waals surface area contributed by atoms with Crippen LogP contribution in [0.2, 0.25) is 0 Å². The summed E-state index contributed by atoms with van der Waals surface area (Å²) in [7, 11) is 0. The SMILES string of the molecule is O=C1/C(=N\O)C2(N3CCCC3)C[C@@H](c3ccccc3)C1[C@H](c1ccccc1)C2. The predicted octanol–water partition coefficient (Wildman–Crippen LogP) is 4.21. The molecule has 0 amide bonds. The van der Waals surface area contributed by atoms with Crippen molar-refractivity contribution in [2.45, 2.75) is 43.1 Å². The molecule has 2 aromatic carbocycles. The molecule has 0 radical (unpaired) electrons. The van der Waals surface area contributed by atoms with E-state index in [4.69, 9.17) is 0 Å². The Bertz CT molecular complexity index is 838. The van der Waals surface area contributed by atoms with Gasteiger partial charge in [0.1, 0.15) is 5.71 Å². The van der Waals surface area contributed by atoms with Crippen molar-refractivity contribution in [1.29, 1.82) is 0 Å². The number of hydrogen-bond acceptors (Lipinski definition) is 4. The first kappa shape index (κ1) is 17.6. The van der Waals surface area contributed by atoms with E-state index in [1.807, 2.05) is 12.1 Å². The lowest BCUT2D eigenvalue weighted by atomic mass is 9.51. The third kappa shape index (κ3) is 2.55. The molecule has 28 heavy (non-hydrogen) atoms. The van der Waals surface area contributed by atoms with Gasteiger partial charge in [-0.2, -0.15) is 0 Å². The van der Waals surface area contributed by atoms with Gasteiger partial charge in [-0.3, -0.25) is 9.69 Å². The van der Waals surface area contributed by atoms with Gasteiger partial charge in [0.05, 0.1) is 5.54 Å². The fourth-order valence-corrected chi connectivity index (χ4v) is 6.04. The number of carbonyl (C=O) groups is 1. The van der Waals surface area contributed by atoms with Crippen molar-refractivity contribution < 1.29 is 10.0 Å². The molecule has 0 spiro atoms. The van der Waals surface area contributed by atoms with Gasteiger partial charge in [0.2, 0.25) is 0 Å². The molecule has 1 aliphatic heterocycles. The molecule has 1 saturated heterocycles. The van der Waals surface area contributed by atoms with Crippen molar-refractivity contribution in [3.8, 4) is 0 Å². The first-order valence-corrected chi connectivity index (χ1v) is 10.4. The molecule has 4 nitrogen and oxygen atoms in total. The largest absolute Gasteiger partial charge is 0.410 e. The summed E-state index contributed by atoms with van der Waals surface area (Å²) in [6.45, 7) is 1.94. The zero-order chi connectivity index (χ0) is 19.1. The van der Waals surface area contributed by atoms with Gasteiger partial charge in [-0.05, 0) is 61.7 Å². The summed E-state index contributed by atoms with van der Waals surface area (Å²) in [5.74, 6) is 0.173. The van der Waals surface area contributed by atoms with Gasteiger partial charge >= 0.3 is 0 Å². The van der Waals surface area contributed by atoms with Crippen LogP contribution in [0.4, 0.5) is 0 Å². The zero-order valence-corrected chi connectivity index (χ0v) is 16.0. The Hall–Kier alpha value is -2.46. The van der Waals surface area contributed by atoms with Crippen LogP contribution in [-0.2, 0) is 4.79 Å². The Morgan fingerprint density at radius 3 is 1.82 bits per heavy atom. The highest BCUT2D eigenvalue weighted by molar-refractivity contribution is 6.45. The summed E-state index contributed by atoms with van der Waals surface area (Å²) in [5, 5.41) is 13.5. The van der Waals surface area contributed by atoms with Gasteiger partial charge in [0.15, 0.2) is 5.78 Å². The molecule has 4 heteroatoms. The van der Waals surface area contributed by atoms with Crippen molar-refractivity contribution in [3.63, 3.8) is 0 Å². The molecule has 0 aromatic heterocycles. The quantitative estimate of drug-likeness (QED) is 0.647. The maximum atomic E-state index is 13.6. The second-order valence-corrected chi connectivity index (χ2v) is 8.51. The van der Waals surface area contributed by atoms with Crippen molar-refractivity contribution >= 4 is 11.5 Å². The number of likely N-dealkylation sites (tertiary alicyclic amines) is 1.